The normalized spacial score (nSPS) is 11.3. The third-order valence-electron chi connectivity index (χ3n) is 4.04. The summed E-state index contributed by atoms with van der Waals surface area (Å²) in [5.74, 6) is -0.278. The highest BCUT2D eigenvalue weighted by Gasteiger charge is 2.15. The first kappa shape index (κ1) is 18.8. The van der Waals surface area contributed by atoms with Crippen molar-refractivity contribution < 1.29 is 9.53 Å². The molecule has 25 heavy (non-hydrogen) atoms. The van der Waals surface area contributed by atoms with Crippen molar-refractivity contribution in [3.63, 3.8) is 0 Å². The maximum absolute atomic E-state index is 12.4. The number of benzene rings is 1. The molecule has 0 aliphatic carbocycles. The molecule has 5 heteroatoms. The van der Waals surface area contributed by atoms with Crippen molar-refractivity contribution in [2.75, 3.05) is 0 Å². The zero-order chi connectivity index (χ0) is 18.6. The molecule has 0 saturated carbocycles. The molecule has 1 aromatic heterocycles. The highest BCUT2D eigenvalue weighted by atomic mass is 35.5. The van der Waals surface area contributed by atoms with Crippen LogP contribution in [0, 0.1) is 32.1 Å². The Morgan fingerprint density at radius 1 is 1.32 bits per heavy atom. The zero-order valence-corrected chi connectivity index (χ0v) is 15.6. The van der Waals surface area contributed by atoms with E-state index >= 15 is 0 Å². The highest BCUT2D eigenvalue weighted by molar-refractivity contribution is 6.30. The molecule has 130 valence electrons. The van der Waals surface area contributed by atoms with Crippen LogP contribution in [0.5, 0.6) is 5.75 Å². The van der Waals surface area contributed by atoms with Crippen LogP contribution in [-0.4, -0.2) is 10.5 Å². The molecule has 0 aliphatic rings. The second kappa shape index (κ2) is 8.04. The number of halogens is 1. The van der Waals surface area contributed by atoms with E-state index in [2.05, 4.69) is 11.5 Å². The number of nitrogens with zero attached hydrogens (tertiary/aromatic N) is 2. The second-order valence-electron chi connectivity index (χ2n) is 5.95. The van der Waals surface area contributed by atoms with Gasteiger partial charge in [-0.3, -0.25) is 0 Å². The van der Waals surface area contributed by atoms with Gasteiger partial charge in [0.2, 0.25) is 0 Å². The van der Waals surface area contributed by atoms with Crippen LogP contribution in [0.1, 0.15) is 35.9 Å². The topological polar surface area (TPSA) is 55.0 Å². The Labute approximate surface area is 153 Å². The number of hydrogen-bond acceptors (Lipinski definition) is 3. The van der Waals surface area contributed by atoms with Crippen LogP contribution in [0.4, 0.5) is 0 Å². The largest absolute Gasteiger partial charge is 0.422 e. The first-order chi connectivity index (χ1) is 11.9. The summed E-state index contributed by atoms with van der Waals surface area (Å²) in [6.07, 6.45) is 2.60. The number of rotatable bonds is 5. The van der Waals surface area contributed by atoms with Crippen molar-refractivity contribution in [2.45, 2.75) is 40.7 Å². The highest BCUT2D eigenvalue weighted by Crippen LogP contribution is 2.24. The van der Waals surface area contributed by atoms with Crippen LogP contribution in [0.15, 0.2) is 29.8 Å². The Hall–Kier alpha value is -2.51. The number of hydrogen-bond donors (Lipinski definition) is 0. The van der Waals surface area contributed by atoms with E-state index in [-0.39, 0.29) is 5.57 Å². The summed E-state index contributed by atoms with van der Waals surface area (Å²) in [4.78, 5) is 12.4. The minimum absolute atomic E-state index is 0.0360. The molecule has 2 rings (SSSR count). The smallest absolute Gasteiger partial charge is 0.354 e. The molecule has 0 fully saturated rings. The number of esters is 1. The van der Waals surface area contributed by atoms with E-state index < -0.39 is 5.97 Å². The summed E-state index contributed by atoms with van der Waals surface area (Å²) < 4.78 is 7.53. The Balaban J connectivity index is 2.30. The number of nitriles is 1. The van der Waals surface area contributed by atoms with Gasteiger partial charge in [0.05, 0.1) is 0 Å². The predicted octanol–water partition coefficient (Wildman–Crippen LogP) is 4.99. The molecule has 0 N–H and O–H groups in total. The van der Waals surface area contributed by atoms with Gasteiger partial charge in [0.1, 0.15) is 17.4 Å². The SMILES string of the molecule is CCCn1c(C)cc(/C=C(\C#N)C(=O)Oc2ccc(Cl)cc2C)c1C. The summed E-state index contributed by atoms with van der Waals surface area (Å²) in [6.45, 7) is 8.81. The van der Waals surface area contributed by atoms with Gasteiger partial charge in [-0.05, 0) is 68.7 Å². The van der Waals surface area contributed by atoms with Crippen LogP contribution in [0.2, 0.25) is 5.02 Å². The summed E-state index contributed by atoms with van der Waals surface area (Å²) in [5.41, 5.74) is 3.69. The first-order valence-electron chi connectivity index (χ1n) is 8.14. The van der Waals surface area contributed by atoms with Crippen LogP contribution in [0.25, 0.3) is 6.08 Å². The molecule has 0 bridgehead atoms. The number of carbonyl (C=O) groups excluding carboxylic acids is 1. The molecule has 4 nitrogen and oxygen atoms in total. The average molecular weight is 357 g/mol. The summed E-state index contributed by atoms with van der Waals surface area (Å²) >= 11 is 5.90. The van der Waals surface area contributed by atoms with Crippen molar-refractivity contribution >= 4 is 23.6 Å². The Morgan fingerprint density at radius 2 is 2.04 bits per heavy atom. The van der Waals surface area contributed by atoms with Crippen molar-refractivity contribution in [3.05, 3.63) is 57.4 Å². The third kappa shape index (κ3) is 4.32. The van der Waals surface area contributed by atoms with Gasteiger partial charge in [0.25, 0.3) is 0 Å². The van der Waals surface area contributed by atoms with Crippen molar-refractivity contribution in [3.8, 4) is 11.8 Å². The van der Waals surface area contributed by atoms with Crippen molar-refractivity contribution in [1.82, 2.24) is 4.57 Å². The molecule has 0 unspecified atom stereocenters. The van der Waals surface area contributed by atoms with E-state index in [1.54, 1.807) is 31.2 Å². The first-order valence-corrected chi connectivity index (χ1v) is 8.52. The fourth-order valence-corrected chi connectivity index (χ4v) is 2.94. The monoisotopic (exact) mass is 356 g/mol. The lowest BCUT2D eigenvalue weighted by Crippen LogP contribution is -2.11. The third-order valence-corrected chi connectivity index (χ3v) is 4.27. The maximum Gasteiger partial charge on any atom is 0.354 e. The van der Waals surface area contributed by atoms with Crippen LogP contribution >= 0.6 is 11.6 Å². The molecule has 0 spiro atoms. The van der Waals surface area contributed by atoms with Gasteiger partial charge in [0.15, 0.2) is 0 Å². The van der Waals surface area contributed by atoms with Crippen LogP contribution in [-0.2, 0) is 11.3 Å². The molecule has 0 amide bonds. The van der Waals surface area contributed by atoms with Gasteiger partial charge in [-0.2, -0.15) is 5.26 Å². The van der Waals surface area contributed by atoms with E-state index in [1.807, 2.05) is 26.0 Å². The fraction of sp³-hybridized carbons (Fsp3) is 0.300. The molecule has 2 aromatic rings. The van der Waals surface area contributed by atoms with E-state index in [0.717, 1.165) is 35.5 Å². The number of aryl methyl sites for hydroxylation is 2. The van der Waals surface area contributed by atoms with Gasteiger partial charge in [-0.15, -0.1) is 0 Å². The van der Waals surface area contributed by atoms with Gasteiger partial charge in [-0.1, -0.05) is 18.5 Å². The number of aromatic nitrogens is 1. The molecule has 1 heterocycles. The van der Waals surface area contributed by atoms with Crippen molar-refractivity contribution in [2.24, 2.45) is 0 Å². The van der Waals surface area contributed by atoms with E-state index in [1.165, 1.54) is 0 Å². The molecule has 0 atom stereocenters. The van der Waals surface area contributed by atoms with Gasteiger partial charge < -0.3 is 9.30 Å². The van der Waals surface area contributed by atoms with Gasteiger partial charge in [0, 0.05) is 23.0 Å². The van der Waals surface area contributed by atoms with E-state index in [4.69, 9.17) is 16.3 Å². The second-order valence-corrected chi connectivity index (χ2v) is 6.38. The molecular formula is C20H21ClN2O2. The quantitative estimate of drug-likeness (QED) is 0.328. The lowest BCUT2D eigenvalue weighted by atomic mass is 10.1. The number of ether oxygens (including phenoxy) is 1. The summed E-state index contributed by atoms with van der Waals surface area (Å²) in [6, 6.07) is 8.89. The summed E-state index contributed by atoms with van der Waals surface area (Å²) in [5, 5.41) is 9.94. The van der Waals surface area contributed by atoms with Crippen LogP contribution in [0.3, 0.4) is 0 Å². The molecule has 0 radical (unpaired) electrons. The van der Waals surface area contributed by atoms with Gasteiger partial charge >= 0.3 is 5.97 Å². The van der Waals surface area contributed by atoms with Crippen LogP contribution < -0.4 is 4.74 Å². The zero-order valence-electron chi connectivity index (χ0n) is 14.9. The summed E-state index contributed by atoms with van der Waals surface area (Å²) in [7, 11) is 0. The van der Waals surface area contributed by atoms with Crippen molar-refractivity contribution in [1.29, 1.82) is 5.26 Å². The Kier molecular flexibility index (Phi) is 6.06. The maximum atomic E-state index is 12.4. The lowest BCUT2D eigenvalue weighted by molar-refractivity contribution is -0.129. The van der Waals surface area contributed by atoms with E-state index in [9.17, 15) is 10.1 Å². The molecule has 0 saturated heterocycles. The average Bonchev–Trinajstić information content (AvgIpc) is 2.83. The Bertz CT molecular complexity index is 873. The molecule has 1 aromatic carbocycles. The molecule has 0 aliphatic heterocycles. The minimum Gasteiger partial charge on any atom is -0.422 e. The predicted molar refractivity (Wildman–Crippen MR) is 99.6 cm³/mol. The number of carbonyl (C=O) groups is 1. The standard InChI is InChI=1S/C20H21ClN2O2/c1-5-8-23-14(3)10-16(15(23)4)11-17(12-22)20(24)25-19-7-6-18(21)9-13(19)2/h6-7,9-11H,5,8H2,1-4H3/b17-11+. The lowest BCUT2D eigenvalue weighted by Gasteiger charge is -2.08. The Morgan fingerprint density at radius 3 is 2.64 bits per heavy atom. The van der Waals surface area contributed by atoms with E-state index in [0.29, 0.717) is 10.8 Å². The minimum atomic E-state index is -0.673. The molecular weight excluding hydrogens is 336 g/mol. The fourth-order valence-electron chi connectivity index (χ4n) is 2.72. The van der Waals surface area contributed by atoms with Gasteiger partial charge in [-0.25, -0.2) is 4.79 Å².